The number of aromatic nitrogens is 1. The van der Waals surface area contributed by atoms with E-state index in [0.29, 0.717) is 12.0 Å². The molecule has 4 heteroatoms. The molecule has 2 rings (SSSR count). The Hall–Kier alpha value is -2.07. The molecule has 0 saturated carbocycles. The van der Waals surface area contributed by atoms with Crippen LogP contribution in [0.5, 0.6) is 0 Å². The maximum absolute atomic E-state index is 11.9. The molecule has 19 heavy (non-hydrogen) atoms. The maximum Gasteiger partial charge on any atom is 0.338 e. The van der Waals surface area contributed by atoms with Gasteiger partial charge >= 0.3 is 5.97 Å². The molecule has 0 aliphatic rings. The molecule has 3 nitrogen and oxygen atoms in total. The fourth-order valence-corrected chi connectivity index (χ4v) is 1.80. The van der Waals surface area contributed by atoms with Crippen molar-refractivity contribution in [2.75, 3.05) is 0 Å². The number of ether oxygens (including phenoxy) is 1. The predicted molar refractivity (Wildman–Crippen MR) is 77.2 cm³/mol. The molecule has 1 unspecified atom stereocenters. The summed E-state index contributed by atoms with van der Waals surface area (Å²) in [7, 11) is 0. The summed E-state index contributed by atoms with van der Waals surface area (Å²) in [6, 6.07) is 12.6. The van der Waals surface area contributed by atoms with Crippen molar-refractivity contribution in [3.05, 3.63) is 66.0 Å². The van der Waals surface area contributed by atoms with Gasteiger partial charge in [0.05, 0.1) is 5.56 Å². The summed E-state index contributed by atoms with van der Waals surface area (Å²) in [6.07, 6.45) is 3.55. The van der Waals surface area contributed by atoms with Gasteiger partial charge in [-0.15, -0.1) is 0 Å². The number of thiocarbonyl (C=S) groups is 1. The molecule has 1 heterocycles. The summed E-state index contributed by atoms with van der Waals surface area (Å²) in [5, 5.41) is 1.47. The highest BCUT2D eigenvalue weighted by molar-refractivity contribution is 7.79. The van der Waals surface area contributed by atoms with Gasteiger partial charge in [-0.05, 0) is 29.8 Å². The van der Waals surface area contributed by atoms with E-state index in [0.717, 1.165) is 5.56 Å². The fraction of sp³-hybridized carbons (Fsp3) is 0.133. The number of benzene rings is 1. The third-order valence-electron chi connectivity index (χ3n) is 2.61. The molecule has 1 aromatic heterocycles. The number of pyridine rings is 1. The second-order valence-electron chi connectivity index (χ2n) is 4.01. The van der Waals surface area contributed by atoms with Crippen LogP contribution in [-0.4, -0.2) is 22.4 Å². The largest absolute Gasteiger partial charge is 0.453 e. The molecule has 1 atom stereocenters. The lowest BCUT2D eigenvalue weighted by atomic mass is 10.1. The van der Waals surface area contributed by atoms with E-state index >= 15 is 0 Å². The van der Waals surface area contributed by atoms with E-state index in [9.17, 15) is 4.79 Å². The molecule has 0 saturated heterocycles. The molecule has 1 aromatic carbocycles. The first-order valence-corrected chi connectivity index (χ1v) is 6.37. The molecule has 0 fully saturated rings. The summed E-state index contributed by atoms with van der Waals surface area (Å²) in [4.78, 5) is 15.8. The van der Waals surface area contributed by atoms with Crippen molar-refractivity contribution in [3.63, 3.8) is 0 Å². The van der Waals surface area contributed by atoms with Gasteiger partial charge in [-0.25, -0.2) is 4.79 Å². The molecule has 0 amide bonds. The number of carbonyl (C=O) groups is 1. The van der Waals surface area contributed by atoms with Crippen LogP contribution in [0.4, 0.5) is 0 Å². The van der Waals surface area contributed by atoms with Gasteiger partial charge < -0.3 is 4.74 Å². The molecule has 96 valence electrons. The first kappa shape index (κ1) is 13.4. The van der Waals surface area contributed by atoms with Crippen LogP contribution < -0.4 is 0 Å². The monoisotopic (exact) mass is 271 g/mol. The molecular weight excluding hydrogens is 258 g/mol. The first-order valence-electron chi connectivity index (χ1n) is 5.90. The summed E-state index contributed by atoms with van der Waals surface area (Å²) in [5.41, 5.74) is 1.56. The number of hydrogen-bond acceptors (Lipinski definition) is 4. The third kappa shape index (κ3) is 3.96. The van der Waals surface area contributed by atoms with E-state index in [1.54, 1.807) is 36.7 Å². The minimum atomic E-state index is -0.412. The van der Waals surface area contributed by atoms with Gasteiger partial charge in [0.2, 0.25) is 0 Å². The van der Waals surface area contributed by atoms with Gasteiger partial charge in [0.25, 0.3) is 0 Å². The maximum atomic E-state index is 11.9. The Balaban J connectivity index is 2.00. The van der Waals surface area contributed by atoms with Crippen LogP contribution in [0.15, 0.2) is 54.9 Å². The number of nitrogens with zero attached hydrogens (tertiary/aromatic N) is 1. The van der Waals surface area contributed by atoms with Crippen LogP contribution >= 0.6 is 12.2 Å². The molecule has 0 aliphatic carbocycles. The van der Waals surface area contributed by atoms with Crippen molar-refractivity contribution in [1.82, 2.24) is 4.98 Å². The summed E-state index contributed by atoms with van der Waals surface area (Å²) < 4.78 is 5.37. The van der Waals surface area contributed by atoms with Crippen LogP contribution in [-0.2, 0) is 11.2 Å². The van der Waals surface area contributed by atoms with Crippen LogP contribution in [0.25, 0.3) is 0 Å². The van der Waals surface area contributed by atoms with E-state index < -0.39 is 6.10 Å². The SMILES string of the molecule is O=C(OC(C=S)Cc1ccncc1)c1ccccc1. The van der Waals surface area contributed by atoms with E-state index in [2.05, 4.69) is 4.98 Å². The van der Waals surface area contributed by atoms with Crippen LogP contribution in [0.2, 0.25) is 0 Å². The molecule has 0 aliphatic heterocycles. The lowest BCUT2D eigenvalue weighted by molar-refractivity contribution is 0.0437. The van der Waals surface area contributed by atoms with Crippen LogP contribution in [0, 0.1) is 0 Å². The average molecular weight is 271 g/mol. The highest BCUT2D eigenvalue weighted by atomic mass is 32.1. The standard InChI is InChI=1S/C15H13NO2S/c17-15(13-4-2-1-3-5-13)18-14(11-19)10-12-6-8-16-9-7-12/h1-9,11,14H,10H2. The van der Waals surface area contributed by atoms with Crippen LogP contribution in [0.3, 0.4) is 0 Å². The van der Waals surface area contributed by atoms with Gasteiger partial charge in [0.1, 0.15) is 6.10 Å². The first-order chi connectivity index (χ1) is 9.29. The number of rotatable bonds is 5. The minimum absolute atomic E-state index is 0.360. The zero-order chi connectivity index (χ0) is 13.5. The third-order valence-corrected chi connectivity index (χ3v) is 2.91. The van der Waals surface area contributed by atoms with E-state index in [-0.39, 0.29) is 5.97 Å². The van der Waals surface area contributed by atoms with E-state index in [1.807, 2.05) is 18.2 Å². The van der Waals surface area contributed by atoms with Crippen molar-refractivity contribution in [2.45, 2.75) is 12.5 Å². The highest BCUT2D eigenvalue weighted by Gasteiger charge is 2.14. The number of esters is 1. The van der Waals surface area contributed by atoms with E-state index in [1.165, 1.54) is 5.37 Å². The van der Waals surface area contributed by atoms with Gasteiger partial charge in [0.15, 0.2) is 0 Å². The van der Waals surface area contributed by atoms with Gasteiger partial charge in [-0.2, -0.15) is 0 Å². The normalized spacial score (nSPS) is 11.6. The molecule has 2 aromatic rings. The molecule has 0 spiro atoms. The van der Waals surface area contributed by atoms with Crippen LogP contribution in [0.1, 0.15) is 15.9 Å². The Kier molecular flexibility index (Phi) is 4.75. The fourth-order valence-electron chi connectivity index (χ4n) is 1.65. The quantitative estimate of drug-likeness (QED) is 0.619. The summed E-state index contributed by atoms with van der Waals surface area (Å²) in [6.45, 7) is 0. The second-order valence-corrected chi connectivity index (χ2v) is 4.28. The zero-order valence-corrected chi connectivity index (χ0v) is 11.0. The Morgan fingerprint density at radius 2 is 1.89 bits per heavy atom. The Morgan fingerprint density at radius 1 is 1.21 bits per heavy atom. The smallest absolute Gasteiger partial charge is 0.338 e. The Morgan fingerprint density at radius 3 is 2.53 bits per heavy atom. The molecule has 0 N–H and O–H groups in total. The minimum Gasteiger partial charge on any atom is -0.453 e. The van der Waals surface area contributed by atoms with Crippen molar-refractivity contribution >= 4 is 23.6 Å². The van der Waals surface area contributed by atoms with Crippen molar-refractivity contribution in [1.29, 1.82) is 0 Å². The molecule has 0 radical (unpaired) electrons. The average Bonchev–Trinajstić information content (AvgIpc) is 2.48. The molecular formula is C15H13NO2S. The zero-order valence-electron chi connectivity index (χ0n) is 10.2. The van der Waals surface area contributed by atoms with Crippen molar-refractivity contribution in [3.8, 4) is 0 Å². The lowest BCUT2D eigenvalue weighted by Gasteiger charge is -2.13. The predicted octanol–water partition coefficient (Wildman–Crippen LogP) is 2.85. The van der Waals surface area contributed by atoms with Crippen molar-refractivity contribution < 1.29 is 9.53 Å². The summed E-state index contributed by atoms with van der Waals surface area (Å²) in [5.74, 6) is -0.360. The van der Waals surface area contributed by atoms with Gasteiger partial charge in [0, 0.05) is 24.2 Å². The second kappa shape index (κ2) is 6.75. The van der Waals surface area contributed by atoms with E-state index in [4.69, 9.17) is 17.0 Å². The van der Waals surface area contributed by atoms with Gasteiger partial charge in [-0.3, -0.25) is 4.98 Å². The Labute approximate surface area is 117 Å². The highest BCUT2D eigenvalue weighted by Crippen LogP contribution is 2.08. The Bertz CT molecular complexity index is 543. The lowest BCUT2D eigenvalue weighted by Crippen LogP contribution is -2.21. The molecule has 0 bridgehead atoms. The van der Waals surface area contributed by atoms with Crippen molar-refractivity contribution in [2.24, 2.45) is 0 Å². The number of carbonyl (C=O) groups excluding carboxylic acids is 1. The number of hydrogen-bond donors (Lipinski definition) is 0. The summed E-state index contributed by atoms with van der Waals surface area (Å²) >= 11 is 4.92. The topological polar surface area (TPSA) is 39.2 Å². The van der Waals surface area contributed by atoms with Gasteiger partial charge in [-0.1, -0.05) is 30.4 Å².